The minimum absolute atomic E-state index is 0.0952. The van der Waals surface area contributed by atoms with Crippen molar-refractivity contribution in [3.63, 3.8) is 0 Å². The van der Waals surface area contributed by atoms with E-state index >= 15 is 0 Å². The molecule has 0 N–H and O–H groups in total. The van der Waals surface area contributed by atoms with Crippen molar-refractivity contribution < 1.29 is 14.1 Å². The van der Waals surface area contributed by atoms with Gasteiger partial charge in [-0.3, -0.25) is 4.79 Å². The van der Waals surface area contributed by atoms with Crippen molar-refractivity contribution >= 4 is 5.91 Å². The Balaban J connectivity index is 1.41. The van der Waals surface area contributed by atoms with Crippen LogP contribution in [0.2, 0.25) is 0 Å². The fourth-order valence-corrected chi connectivity index (χ4v) is 3.81. The molecule has 0 spiro atoms. The molecule has 2 aliphatic rings. The van der Waals surface area contributed by atoms with Crippen LogP contribution < -0.4 is 4.74 Å². The maximum atomic E-state index is 12.9. The standard InChI is InChI=1S/C19H23N3O3/c1-12-20-18(21-25-12)14-6-4-8-22(11-14)19(23)17-10-16(17)13-5-3-7-15(9-13)24-2/h3,5,7,9,14,16-17H,4,6,8,10-11H2,1-2H3/t14-,16-,17-/m0/s1. The minimum atomic E-state index is 0.0952. The lowest BCUT2D eigenvalue weighted by Gasteiger charge is -2.31. The van der Waals surface area contributed by atoms with Crippen molar-refractivity contribution in [2.24, 2.45) is 5.92 Å². The van der Waals surface area contributed by atoms with Gasteiger partial charge in [0.05, 0.1) is 7.11 Å². The van der Waals surface area contributed by atoms with Gasteiger partial charge in [0.25, 0.3) is 0 Å². The fraction of sp³-hybridized carbons (Fsp3) is 0.526. The van der Waals surface area contributed by atoms with Crippen LogP contribution in [0.5, 0.6) is 5.75 Å². The molecule has 1 amide bonds. The molecule has 2 heterocycles. The molecule has 1 aromatic carbocycles. The molecule has 25 heavy (non-hydrogen) atoms. The number of piperidine rings is 1. The molecule has 1 saturated heterocycles. The Hall–Kier alpha value is -2.37. The highest BCUT2D eigenvalue weighted by molar-refractivity contribution is 5.83. The van der Waals surface area contributed by atoms with Crippen LogP contribution in [0.15, 0.2) is 28.8 Å². The summed E-state index contributed by atoms with van der Waals surface area (Å²) in [4.78, 5) is 19.2. The van der Waals surface area contributed by atoms with Crippen LogP contribution in [-0.4, -0.2) is 41.1 Å². The monoisotopic (exact) mass is 341 g/mol. The van der Waals surface area contributed by atoms with E-state index in [2.05, 4.69) is 16.2 Å². The molecule has 1 aliphatic carbocycles. The molecule has 0 bridgehead atoms. The molecule has 4 rings (SSSR count). The number of carbonyl (C=O) groups is 1. The average molecular weight is 341 g/mol. The van der Waals surface area contributed by atoms with Crippen LogP contribution in [0.3, 0.4) is 0 Å². The largest absolute Gasteiger partial charge is 0.497 e. The molecule has 2 fully saturated rings. The van der Waals surface area contributed by atoms with Gasteiger partial charge in [-0.1, -0.05) is 17.3 Å². The van der Waals surface area contributed by atoms with E-state index in [1.54, 1.807) is 14.0 Å². The summed E-state index contributed by atoms with van der Waals surface area (Å²) in [5.41, 5.74) is 1.19. The Bertz CT molecular complexity index is 773. The third kappa shape index (κ3) is 3.25. The van der Waals surface area contributed by atoms with Crippen LogP contribution in [0.25, 0.3) is 0 Å². The van der Waals surface area contributed by atoms with Gasteiger partial charge in [-0.25, -0.2) is 0 Å². The van der Waals surface area contributed by atoms with Crippen LogP contribution in [-0.2, 0) is 4.79 Å². The number of hydrogen-bond donors (Lipinski definition) is 0. The topological polar surface area (TPSA) is 68.5 Å². The number of aryl methyl sites for hydroxylation is 1. The van der Waals surface area contributed by atoms with Crippen molar-refractivity contribution in [1.29, 1.82) is 0 Å². The van der Waals surface area contributed by atoms with Gasteiger partial charge in [0.2, 0.25) is 11.8 Å². The Morgan fingerprint density at radius 1 is 1.40 bits per heavy atom. The number of methoxy groups -OCH3 is 1. The molecular formula is C19H23N3O3. The average Bonchev–Trinajstić information content (AvgIpc) is 3.34. The summed E-state index contributed by atoms with van der Waals surface area (Å²) in [7, 11) is 1.67. The van der Waals surface area contributed by atoms with E-state index in [1.165, 1.54) is 5.56 Å². The Morgan fingerprint density at radius 3 is 3.04 bits per heavy atom. The predicted octanol–water partition coefficient (Wildman–Crippen LogP) is 2.90. The molecule has 1 saturated carbocycles. The lowest BCUT2D eigenvalue weighted by molar-refractivity contribution is -0.133. The molecule has 3 atom stereocenters. The summed E-state index contributed by atoms with van der Waals surface area (Å²) in [5, 5.41) is 4.04. The van der Waals surface area contributed by atoms with Crippen molar-refractivity contribution in [3.8, 4) is 5.75 Å². The van der Waals surface area contributed by atoms with Crippen molar-refractivity contribution in [2.45, 2.75) is 38.0 Å². The molecular weight excluding hydrogens is 318 g/mol. The Morgan fingerprint density at radius 2 is 2.28 bits per heavy atom. The first kappa shape index (κ1) is 16.1. The third-order valence-corrected chi connectivity index (χ3v) is 5.27. The van der Waals surface area contributed by atoms with Gasteiger partial charge >= 0.3 is 0 Å². The number of carbonyl (C=O) groups excluding carboxylic acids is 1. The van der Waals surface area contributed by atoms with Gasteiger partial charge < -0.3 is 14.2 Å². The molecule has 1 aromatic heterocycles. The molecule has 0 unspecified atom stereocenters. The summed E-state index contributed by atoms with van der Waals surface area (Å²) in [5.74, 6) is 3.02. The molecule has 6 nitrogen and oxygen atoms in total. The van der Waals surface area contributed by atoms with Gasteiger partial charge in [0, 0.05) is 31.8 Å². The second-order valence-electron chi connectivity index (χ2n) is 7.02. The molecule has 2 aromatic rings. The summed E-state index contributed by atoms with van der Waals surface area (Å²) in [6.45, 7) is 3.32. The smallest absolute Gasteiger partial charge is 0.226 e. The highest BCUT2D eigenvalue weighted by atomic mass is 16.5. The Labute approximate surface area is 147 Å². The van der Waals surface area contributed by atoms with Gasteiger partial charge in [0.15, 0.2) is 5.82 Å². The zero-order valence-corrected chi connectivity index (χ0v) is 14.6. The number of rotatable bonds is 4. The first-order valence-electron chi connectivity index (χ1n) is 8.88. The van der Waals surface area contributed by atoms with Crippen LogP contribution in [0.4, 0.5) is 0 Å². The highest BCUT2D eigenvalue weighted by Crippen LogP contribution is 2.49. The second kappa shape index (κ2) is 6.50. The van der Waals surface area contributed by atoms with Crippen molar-refractivity contribution in [1.82, 2.24) is 15.0 Å². The first-order chi connectivity index (χ1) is 12.2. The maximum absolute atomic E-state index is 12.9. The normalized spacial score (nSPS) is 25.7. The summed E-state index contributed by atoms with van der Waals surface area (Å²) < 4.78 is 10.4. The fourth-order valence-electron chi connectivity index (χ4n) is 3.81. The first-order valence-corrected chi connectivity index (χ1v) is 8.88. The number of amides is 1. The van der Waals surface area contributed by atoms with E-state index in [9.17, 15) is 4.79 Å². The number of aromatic nitrogens is 2. The summed E-state index contributed by atoms with van der Waals surface area (Å²) in [6, 6.07) is 8.05. The quantitative estimate of drug-likeness (QED) is 0.855. The SMILES string of the molecule is COc1cccc([C@@H]2C[C@@H]2C(=O)N2CCC[C@H](c3noc(C)n3)C2)c1. The number of likely N-dealkylation sites (tertiary alicyclic amines) is 1. The van der Waals surface area contributed by atoms with E-state index in [0.717, 1.165) is 37.4 Å². The zero-order chi connectivity index (χ0) is 17.4. The van der Waals surface area contributed by atoms with E-state index in [4.69, 9.17) is 9.26 Å². The number of hydrogen-bond acceptors (Lipinski definition) is 5. The van der Waals surface area contributed by atoms with Gasteiger partial charge in [0.1, 0.15) is 5.75 Å². The van der Waals surface area contributed by atoms with Crippen molar-refractivity contribution in [3.05, 3.63) is 41.5 Å². The highest BCUT2D eigenvalue weighted by Gasteiger charge is 2.46. The van der Waals surface area contributed by atoms with Crippen LogP contribution in [0.1, 0.15) is 48.4 Å². The van der Waals surface area contributed by atoms with Crippen LogP contribution >= 0.6 is 0 Å². The minimum Gasteiger partial charge on any atom is -0.497 e. The molecule has 6 heteroatoms. The predicted molar refractivity (Wildman–Crippen MR) is 91.4 cm³/mol. The van der Waals surface area contributed by atoms with Crippen LogP contribution in [0, 0.1) is 12.8 Å². The maximum Gasteiger partial charge on any atom is 0.226 e. The van der Waals surface area contributed by atoms with Crippen molar-refractivity contribution in [2.75, 3.05) is 20.2 Å². The van der Waals surface area contributed by atoms with Gasteiger partial charge in [-0.15, -0.1) is 0 Å². The molecule has 1 aliphatic heterocycles. The van der Waals surface area contributed by atoms with E-state index in [-0.39, 0.29) is 17.7 Å². The zero-order valence-electron chi connectivity index (χ0n) is 14.6. The number of ether oxygens (including phenoxy) is 1. The molecule has 0 radical (unpaired) electrons. The van der Waals surface area contributed by atoms with Gasteiger partial charge in [-0.2, -0.15) is 4.98 Å². The second-order valence-corrected chi connectivity index (χ2v) is 7.02. The van der Waals surface area contributed by atoms with E-state index in [1.807, 2.05) is 23.1 Å². The lowest BCUT2D eigenvalue weighted by Crippen LogP contribution is -2.40. The Kier molecular flexibility index (Phi) is 4.19. The van der Waals surface area contributed by atoms with E-state index in [0.29, 0.717) is 18.4 Å². The van der Waals surface area contributed by atoms with Gasteiger partial charge in [-0.05, 0) is 42.9 Å². The van der Waals surface area contributed by atoms with E-state index < -0.39 is 0 Å². The number of benzene rings is 1. The lowest BCUT2D eigenvalue weighted by atomic mass is 9.96. The summed E-state index contributed by atoms with van der Waals surface area (Å²) >= 11 is 0. The summed E-state index contributed by atoms with van der Waals surface area (Å²) in [6.07, 6.45) is 2.92. The number of nitrogens with zero attached hydrogens (tertiary/aromatic N) is 3. The third-order valence-electron chi connectivity index (χ3n) is 5.27. The molecule has 132 valence electrons.